The van der Waals surface area contributed by atoms with Crippen LogP contribution in [0.3, 0.4) is 0 Å². The summed E-state index contributed by atoms with van der Waals surface area (Å²) in [6.07, 6.45) is 0. The van der Waals surface area contributed by atoms with Gasteiger partial charge in [0.1, 0.15) is 0 Å². The van der Waals surface area contributed by atoms with Crippen LogP contribution in [0.2, 0.25) is 5.15 Å². The van der Waals surface area contributed by atoms with Crippen LogP contribution in [0.4, 0.5) is 0 Å². The van der Waals surface area contributed by atoms with E-state index >= 15 is 0 Å². The molecule has 0 radical (unpaired) electrons. The van der Waals surface area contributed by atoms with Crippen LogP contribution in [0.15, 0.2) is 58.2 Å². The third kappa shape index (κ3) is 2.71. The number of hydrogen-bond donors (Lipinski definition) is 1. The van der Waals surface area contributed by atoms with E-state index in [2.05, 4.69) is 22.3 Å². The van der Waals surface area contributed by atoms with E-state index in [4.69, 9.17) is 11.6 Å². The maximum Gasteiger partial charge on any atom is 0.272 e. The second kappa shape index (κ2) is 5.69. The molecule has 20 heavy (non-hydrogen) atoms. The first-order valence-corrected chi connectivity index (χ1v) is 7.45. The van der Waals surface area contributed by atoms with Crippen molar-refractivity contribution in [1.29, 1.82) is 0 Å². The molecule has 5 heteroatoms. The van der Waals surface area contributed by atoms with E-state index in [-0.39, 0.29) is 5.56 Å². The van der Waals surface area contributed by atoms with Crippen LogP contribution < -0.4 is 5.56 Å². The lowest BCUT2D eigenvalue weighted by atomic mass is 10.2. The Hall–Kier alpha value is -1.78. The van der Waals surface area contributed by atoms with E-state index in [1.165, 1.54) is 5.56 Å². The zero-order valence-corrected chi connectivity index (χ0v) is 12.0. The maximum absolute atomic E-state index is 11.8. The summed E-state index contributed by atoms with van der Waals surface area (Å²) in [7, 11) is 0. The summed E-state index contributed by atoms with van der Waals surface area (Å²) in [4.78, 5) is 12.8. The predicted molar refractivity (Wildman–Crippen MR) is 83.4 cm³/mol. The van der Waals surface area contributed by atoms with Crippen molar-refractivity contribution in [2.24, 2.45) is 0 Å². The van der Waals surface area contributed by atoms with E-state index in [1.54, 1.807) is 11.8 Å². The number of nitrogens with zero attached hydrogens (tertiary/aromatic N) is 1. The second-order valence-corrected chi connectivity index (χ2v) is 5.73. The van der Waals surface area contributed by atoms with Crippen molar-refractivity contribution < 1.29 is 0 Å². The van der Waals surface area contributed by atoms with Crippen LogP contribution >= 0.6 is 23.4 Å². The number of aromatic amines is 1. The van der Waals surface area contributed by atoms with E-state index < -0.39 is 0 Å². The average Bonchev–Trinajstić information content (AvgIpc) is 2.50. The number of fused-ring (bicyclic) bond motifs is 1. The molecule has 1 N–H and O–H groups in total. The molecule has 1 heterocycles. The molecule has 3 nitrogen and oxygen atoms in total. The highest BCUT2D eigenvalue weighted by atomic mass is 35.5. The van der Waals surface area contributed by atoms with E-state index in [0.29, 0.717) is 15.9 Å². The number of aromatic nitrogens is 2. The van der Waals surface area contributed by atoms with E-state index in [9.17, 15) is 4.79 Å². The number of thioether (sulfide) groups is 1. The molecular weight excluding hydrogens is 292 g/mol. The Kier molecular flexibility index (Phi) is 3.76. The molecule has 0 aliphatic heterocycles. The molecule has 3 rings (SSSR count). The highest BCUT2D eigenvalue weighted by molar-refractivity contribution is 7.98. The summed E-state index contributed by atoms with van der Waals surface area (Å²) in [6.45, 7) is 0. The SMILES string of the molecule is O=c1[nH]nc(Cl)c2ccc(SCc3ccccc3)cc12. The molecule has 0 fully saturated rings. The molecule has 0 unspecified atom stereocenters. The van der Waals surface area contributed by atoms with E-state index in [0.717, 1.165) is 10.6 Å². The Labute approximate surface area is 125 Å². The van der Waals surface area contributed by atoms with Crippen molar-refractivity contribution in [3.8, 4) is 0 Å². The van der Waals surface area contributed by atoms with Crippen LogP contribution in [0, 0.1) is 0 Å². The number of rotatable bonds is 3. The predicted octanol–water partition coefficient (Wildman–Crippen LogP) is 3.87. The minimum absolute atomic E-state index is 0.216. The summed E-state index contributed by atoms with van der Waals surface area (Å²) >= 11 is 7.65. The van der Waals surface area contributed by atoms with Gasteiger partial charge in [-0.3, -0.25) is 4.79 Å². The van der Waals surface area contributed by atoms with Gasteiger partial charge in [0.25, 0.3) is 5.56 Å². The number of H-pyrrole nitrogens is 1. The maximum atomic E-state index is 11.8. The van der Waals surface area contributed by atoms with Gasteiger partial charge in [0.05, 0.1) is 5.39 Å². The first kappa shape index (κ1) is 13.2. The quantitative estimate of drug-likeness (QED) is 0.747. The summed E-state index contributed by atoms with van der Waals surface area (Å²) < 4.78 is 0. The monoisotopic (exact) mass is 302 g/mol. The van der Waals surface area contributed by atoms with Gasteiger partial charge in [0, 0.05) is 16.0 Å². The fourth-order valence-electron chi connectivity index (χ4n) is 1.94. The van der Waals surface area contributed by atoms with Gasteiger partial charge in [-0.05, 0) is 23.8 Å². The lowest BCUT2D eigenvalue weighted by Gasteiger charge is -2.04. The van der Waals surface area contributed by atoms with Crippen molar-refractivity contribution >= 4 is 34.1 Å². The van der Waals surface area contributed by atoms with Crippen LogP contribution in [0.1, 0.15) is 5.56 Å². The van der Waals surface area contributed by atoms with Crippen molar-refractivity contribution in [3.05, 3.63) is 69.6 Å². The number of hydrogen-bond acceptors (Lipinski definition) is 3. The van der Waals surface area contributed by atoms with Gasteiger partial charge < -0.3 is 0 Å². The lowest BCUT2D eigenvalue weighted by Crippen LogP contribution is -2.08. The van der Waals surface area contributed by atoms with Crippen molar-refractivity contribution in [1.82, 2.24) is 10.2 Å². The third-order valence-corrected chi connectivity index (χ3v) is 4.31. The molecule has 0 amide bonds. The number of benzene rings is 2. The summed E-state index contributed by atoms with van der Waals surface area (Å²) in [5.74, 6) is 0.864. The lowest BCUT2D eigenvalue weighted by molar-refractivity contribution is 1.01. The first-order chi connectivity index (χ1) is 9.74. The summed E-state index contributed by atoms with van der Waals surface area (Å²) in [5.41, 5.74) is 1.03. The molecule has 3 aromatic rings. The number of halogens is 1. The smallest absolute Gasteiger partial charge is 0.267 e. The zero-order valence-electron chi connectivity index (χ0n) is 10.5. The van der Waals surface area contributed by atoms with Crippen LogP contribution in [0.5, 0.6) is 0 Å². The molecule has 0 atom stereocenters. The Morgan fingerprint density at radius 3 is 2.70 bits per heavy atom. The average molecular weight is 303 g/mol. The van der Waals surface area contributed by atoms with E-state index in [1.807, 2.05) is 36.4 Å². The molecule has 100 valence electrons. The zero-order chi connectivity index (χ0) is 13.9. The Bertz CT molecular complexity index is 802. The van der Waals surface area contributed by atoms with Gasteiger partial charge in [-0.15, -0.1) is 11.8 Å². The number of nitrogens with one attached hydrogen (secondary N) is 1. The molecule has 0 bridgehead atoms. The molecule has 0 aliphatic rings. The van der Waals surface area contributed by atoms with Gasteiger partial charge in [0.2, 0.25) is 0 Å². The first-order valence-electron chi connectivity index (χ1n) is 6.09. The molecule has 0 saturated heterocycles. The van der Waals surface area contributed by atoms with Crippen LogP contribution in [-0.4, -0.2) is 10.2 Å². The van der Waals surface area contributed by atoms with Crippen molar-refractivity contribution in [3.63, 3.8) is 0 Å². The van der Waals surface area contributed by atoms with Crippen LogP contribution in [0.25, 0.3) is 10.8 Å². The minimum Gasteiger partial charge on any atom is -0.267 e. The highest BCUT2D eigenvalue weighted by Crippen LogP contribution is 2.27. The highest BCUT2D eigenvalue weighted by Gasteiger charge is 2.06. The second-order valence-electron chi connectivity index (χ2n) is 4.33. The van der Waals surface area contributed by atoms with Crippen molar-refractivity contribution in [2.45, 2.75) is 10.6 Å². The molecule has 1 aromatic heterocycles. The summed E-state index contributed by atoms with van der Waals surface area (Å²) in [6, 6.07) is 15.9. The molecular formula is C15H11ClN2OS. The third-order valence-electron chi connectivity index (χ3n) is 2.96. The fourth-order valence-corrected chi connectivity index (χ4v) is 3.04. The Morgan fingerprint density at radius 1 is 1.10 bits per heavy atom. The molecule has 2 aromatic carbocycles. The fraction of sp³-hybridized carbons (Fsp3) is 0.0667. The standard InChI is InChI=1S/C15H11ClN2OS/c16-14-12-7-6-11(8-13(12)15(19)18-17-14)20-9-10-4-2-1-3-5-10/h1-8H,9H2,(H,18,19). The topological polar surface area (TPSA) is 45.8 Å². The Balaban J connectivity index is 1.90. The normalized spacial score (nSPS) is 10.8. The summed E-state index contributed by atoms with van der Waals surface area (Å²) in [5, 5.41) is 7.72. The van der Waals surface area contributed by atoms with Gasteiger partial charge in [-0.2, -0.15) is 5.10 Å². The van der Waals surface area contributed by atoms with Gasteiger partial charge >= 0.3 is 0 Å². The van der Waals surface area contributed by atoms with Gasteiger partial charge in [0.15, 0.2) is 5.15 Å². The minimum atomic E-state index is -0.216. The van der Waals surface area contributed by atoms with Crippen LogP contribution in [-0.2, 0) is 5.75 Å². The van der Waals surface area contributed by atoms with Gasteiger partial charge in [-0.25, -0.2) is 5.10 Å². The Morgan fingerprint density at radius 2 is 1.90 bits per heavy atom. The largest absolute Gasteiger partial charge is 0.272 e. The molecule has 0 aliphatic carbocycles. The molecule has 0 saturated carbocycles. The van der Waals surface area contributed by atoms with Gasteiger partial charge in [-0.1, -0.05) is 41.9 Å². The molecule has 0 spiro atoms. The van der Waals surface area contributed by atoms with Crippen molar-refractivity contribution in [2.75, 3.05) is 0 Å².